The molecule has 80 valence electrons. The van der Waals surface area contributed by atoms with Crippen LogP contribution in [0.2, 0.25) is 0 Å². The molecule has 0 atom stereocenters. The highest BCUT2D eigenvalue weighted by Gasteiger charge is 1.96. The summed E-state index contributed by atoms with van der Waals surface area (Å²) < 4.78 is 26.0. The molecule has 0 aliphatic rings. The number of hydrogen-bond acceptors (Lipinski definition) is 1. The van der Waals surface area contributed by atoms with Crippen molar-refractivity contribution in [3.05, 3.63) is 65.5 Å². The zero-order chi connectivity index (χ0) is 11.4. The van der Waals surface area contributed by atoms with E-state index in [1.54, 1.807) is 36.4 Å². The number of rotatable bonds is 2. The van der Waals surface area contributed by atoms with Gasteiger partial charge in [-0.15, -0.1) is 0 Å². The van der Waals surface area contributed by atoms with E-state index in [0.29, 0.717) is 11.1 Å². The predicted octanol–water partition coefficient (Wildman–Crippen LogP) is 3.53. The maximum absolute atomic E-state index is 13.2. The van der Waals surface area contributed by atoms with Gasteiger partial charge in [0, 0.05) is 17.8 Å². The summed E-state index contributed by atoms with van der Waals surface area (Å²) in [7, 11) is 0. The standard InChI is InChI=1S/C13H9F2N/c14-12-4-2-1-3-11(12)6-5-10-7-8-16-13(15)9-10/h1-9H/b6-5+. The summed E-state index contributed by atoms with van der Waals surface area (Å²) in [6.07, 6.45) is 4.61. The molecule has 0 fully saturated rings. The Balaban J connectivity index is 2.25. The first kappa shape index (κ1) is 10.5. The van der Waals surface area contributed by atoms with Crippen molar-refractivity contribution in [2.45, 2.75) is 0 Å². The highest BCUT2D eigenvalue weighted by Crippen LogP contribution is 2.11. The lowest BCUT2D eigenvalue weighted by atomic mass is 10.1. The Morgan fingerprint density at radius 3 is 2.56 bits per heavy atom. The first-order chi connectivity index (χ1) is 7.75. The molecule has 0 N–H and O–H groups in total. The van der Waals surface area contributed by atoms with Gasteiger partial charge < -0.3 is 0 Å². The summed E-state index contributed by atoms with van der Waals surface area (Å²) in [6, 6.07) is 9.35. The van der Waals surface area contributed by atoms with Gasteiger partial charge in [-0.1, -0.05) is 30.4 Å². The molecule has 3 heteroatoms. The second-order valence-corrected chi connectivity index (χ2v) is 3.27. The van der Waals surface area contributed by atoms with Crippen LogP contribution in [0.15, 0.2) is 42.6 Å². The Morgan fingerprint density at radius 2 is 1.81 bits per heavy atom. The molecule has 1 heterocycles. The summed E-state index contributed by atoms with van der Waals surface area (Å²) in [5, 5.41) is 0. The molecule has 0 radical (unpaired) electrons. The molecule has 2 rings (SSSR count). The minimum atomic E-state index is -0.546. The zero-order valence-corrected chi connectivity index (χ0v) is 8.40. The van der Waals surface area contributed by atoms with E-state index in [0.717, 1.165) is 0 Å². The van der Waals surface area contributed by atoms with Crippen molar-refractivity contribution in [2.75, 3.05) is 0 Å². The largest absolute Gasteiger partial charge is 0.228 e. The van der Waals surface area contributed by atoms with Gasteiger partial charge in [0.2, 0.25) is 5.95 Å². The minimum absolute atomic E-state index is 0.298. The summed E-state index contributed by atoms with van der Waals surface area (Å²) in [5.41, 5.74) is 1.12. The van der Waals surface area contributed by atoms with Gasteiger partial charge in [-0.2, -0.15) is 4.39 Å². The fraction of sp³-hybridized carbons (Fsp3) is 0. The van der Waals surface area contributed by atoms with Crippen LogP contribution in [-0.4, -0.2) is 4.98 Å². The first-order valence-electron chi connectivity index (χ1n) is 4.80. The van der Waals surface area contributed by atoms with E-state index in [4.69, 9.17) is 0 Å². The molecular formula is C13H9F2N. The second-order valence-electron chi connectivity index (χ2n) is 3.27. The van der Waals surface area contributed by atoms with Gasteiger partial charge in [0.1, 0.15) is 5.82 Å². The van der Waals surface area contributed by atoms with Crippen LogP contribution in [0.4, 0.5) is 8.78 Å². The van der Waals surface area contributed by atoms with E-state index in [1.807, 2.05) is 0 Å². The fourth-order valence-electron chi connectivity index (χ4n) is 1.32. The second kappa shape index (κ2) is 4.66. The summed E-state index contributed by atoms with van der Waals surface area (Å²) in [4.78, 5) is 3.44. The van der Waals surface area contributed by atoms with Crippen molar-refractivity contribution in [1.82, 2.24) is 4.98 Å². The molecule has 16 heavy (non-hydrogen) atoms. The third kappa shape index (κ3) is 2.51. The van der Waals surface area contributed by atoms with Crippen LogP contribution < -0.4 is 0 Å². The Kier molecular flexibility index (Phi) is 3.05. The van der Waals surface area contributed by atoms with Crippen molar-refractivity contribution in [3.63, 3.8) is 0 Å². The molecule has 0 amide bonds. The molecule has 1 nitrogen and oxygen atoms in total. The SMILES string of the molecule is Fc1cc(/C=C/c2ccccc2F)ccn1. The third-order valence-corrected chi connectivity index (χ3v) is 2.11. The number of aromatic nitrogens is 1. The van der Waals surface area contributed by atoms with Gasteiger partial charge in [-0.25, -0.2) is 9.37 Å². The first-order valence-corrected chi connectivity index (χ1v) is 4.80. The molecule has 0 saturated carbocycles. The van der Waals surface area contributed by atoms with E-state index in [1.165, 1.54) is 18.3 Å². The number of nitrogens with zero attached hydrogens (tertiary/aromatic N) is 1. The van der Waals surface area contributed by atoms with Crippen LogP contribution in [0.3, 0.4) is 0 Å². The van der Waals surface area contributed by atoms with Crippen molar-refractivity contribution < 1.29 is 8.78 Å². The Labute approximate surface area is 92.1 Å². The molecule has 0 spiro atoms. The summed E-state index contributed by atoms with van der Waals surface area (Å²) in [6.45, 7) is 0. The lowest BCUT2D eigenvalue weighted by Crippen LogP contribution is -1.82. The maximum atomic E-state index is 13.2. The Bertz CT molecular complexity index is 521. The van der Waals surface area contributed by atoms with Gasteiger partial charge in [-0.05, 0) is 17.7 Å². The Morgan fingerprint density at radius 1 is 1.00 bits per heavy atom. The van der Waals surface area contributed by atoms with Crippen molar-refractivity contribution >= 4 is 12.2 Å². The van der Waals surface area contributed by atoms with Gasteiger partial charge >= 0.3 is 0 Å². The quantitative estimate of drug-likeness (QED) is 0.701. The van der Waals surface area contributed by atoms with Crippen LogP contribution in [-0.2, 0) is 0 Å². The topological polar surface area (TPSA) is 12.9 Å². The average molecular weight is 217 g/mol. The number of hydrogen-bond donors (Lipinski definition) is 0. The van der Waals surface area contributed by atoms with Crippen LogP contribution >= 0.6 is 0 Å². The third-order valence-electron chi connectivity index (χ3n) is 2.11. The van der Waals surface area contributed by atoms with Crippen LogP contribution in [0.1, 0.15) is 11.1 Å². The van der Waals surface area contributed by atoms with E-state index in [9.17, 15) is 8.78 Å². The van der Waals surface area contributed by atoms with Gasteiger partial charge in [-0.3, -0.25) is 0 Å². The highest BCUT2D eigenvalue weighted by molar-refractivity contribution is 5.69. The van der Waals surface area contributed by atoms with Crippen molar-refractivity contribution in [1.29, 1.82) is 0 Å². The normalized spacial score (nSPS) is 10.9. The lowest BCUT2D eigenvalue weighted by Gasteiger charge is -1.96. The molecule has 0 unspecified atom stereocenters. The van der Waals surface area contributed by atoms with E-state index in [2.05, 4.69) is 4.98 Å². The fourth-order valence-corrected chi connectivity index (χ4v) is 1.32. The van der Waals surface area contributed by atoms with E-state index < -0.39 is 5.95 Å². The molecule has 0 aliphatic heterocycles. The van der Waals surface area contributed by atoms with Crippen molar-refractivity contribution in [3.8, 4) is 0 Å². The maximum Gasteiger partial charge on any atom is 0.213 e. The highest BCUT2D eigenvalue weighted by atomic mass is 19.1. The molecule has 0 aliphatic carbocycles. The number of benzene rings is 1. The molecule has 0 saturated heterocycles. The van der Waals surface area contributed by atoms with E-state index in [-0.39, 0.29) is 5.82 Å². The number of pyridine rings is 1. The van der Waals surface area contributed by atoms with Gasteiger partial charge in [0.05, 0.1) is 0 Å². The summed E-state index contributed by atoms with van der Waals surface area (Å²) in [5.74, 6) is -0.844. The smallest absolute Gasteiger partial charge is 0.213 e. The summed E-state index contributed by atoms with van der Waals surface area (Å²) >= 11 is 0. The van der Waals surface area contributed by atoms with Crippen LogP contribution in [0, 0.1) is 11.8 Å². The molecule has 2 aromatic rings. The molecule has 1 aromatic carbocycles. The zero-order valence-electron chi connectivity index (χ0n) is 8.40. The average Bonchev–Trinajstić information content (AvgIpc) is 2.28. The van der Waals surface area contributed by atoms with E-state index >= 15 is 0 Å². The molecule has 1 aromatic heterocycles. The van der Waals surface area contributed by atoms with Crippen LogP contribution in [0.25, 0.3) is 12.2 Å². The Hall–Kier alpha value is -2.03. The van der Waals surface area contributed by atoms with Crippen LogP contribution in [0.5, 0.6) is 0 Å². The number of halogens is 2. The van der Waals surface area contributed by atoms with Crippen molar-refractivity contribution in [2.24, 2.45) is 0 Å². The predicted molar refractivity (Wildman–Crippen MR) is 59.5 cm³/mol. The van der Waals surface area contributed by atoms with Gasteiger partial charge in [0.15, 0.2) is 0 Å². The lowest BCUT2D eigenvalue weighted by molar-refractivity contribution is 0.583. The van der Waals surface area contributed by atoms with Gasteiger partial charge in [0.25, 0.3) is 0 Å². The monoisotopic (exact) mass is 217 g/mol. The molecular weight excluding hydrogens is 208 g/mol. The molecule has 0 bridgehead atoms. The minimum Gasteiger partial charge on any atom is -0.228 e.